The van der Waals surface area contributed by atoms with Crippen LogP contribution in [0.5, 0.6) is 11.5 Å². The fraction of sp³-hybridized carbons (Fsp3) is 0.269. The highest BCUT2D eigenvalue weighted by atomic mass is 32.1. The monoisotopic (exact) mass is 478 g/mol. The number of fused-ring (bicyclic) bond motifs is 1. The summed E-state index contributed by atoms with van der Waals surface area (Å²) in [6.45, 7) is 5.75. The van der Waals surface area contributed by atoms with E-state index in [0.717, 1.165) is 11.1 Å². The van der Waals surface area contributed by atoms with Crippen molar-refractivity contribution in [3.8, 4) is 11.5 Å². The Kier molecular flexibility index (Phi) is 6.70. The molecule has 1 aliphatic heterocycles. The lowest BCUT2D eigenvalue weighted by molar-refractivity contribution is -0.139. The molecule has 4 rings (SSSR count). The molecule has 0 unspecified atom stereocenters. The molecule has 0 fully saturated rings. The molecule has 1 aliphatic rings. The lowest BCUT2D eigenvalue weighted by Crippen LogP contribution is -2.39. The first-order valence-electron chi connectivity index (χ1n) is 10.9. The summed E-state index contributed by atoms with van der Waals surface area (Å²) < 4.78 is 18.2. The second kappa shape index (κ2) is 9.69. The number of benzene rings is 2. The molecule has 34 heavy (non-hydrogen) atoms. The van der Waals surface area contributed by atoms with Crippen LogP contribution in [0.4, 0.5) is 0 Å². The van der Waals surface area contributed by atoms with E-state index in [9.17, 15) is 9.59 Å². The Morgan fingerprint density at radius 3 is 2.50 bits per heavy atom. The number of carbonyl (C=O) groups excluding carboxylic acids is 1. The van der Waals surface area contributed by atoms with Crippen LogP contribution in [-0.2, 0) is 9.53 Å². The minimum absolute atomic E-state index is 0.232. The summed E-state index contributed by atoms with van der Waals surface area (Å²) in [5.74, 6) is 0.793. The van der Waals surface area contributed by atoms with Gasteiger partial charge >= 0.3 is 5.97 Å². The van der Waals surface area contributed by atoms with Crippen LogP contribution in [0, 0.1) is 6.92 Å². The summed E-state index contributed by atoms with van der Waals surface area (Å²) >= 11 is 1.27. The summed E-state index contributed by atoms with van der Waals surface area (Å²) in [4.78, 5) is 31.8. The van der Waals surface area contributed by atoms with Crippen molar-refractivity contribution < 1.29 is 19.0 Å². The average Bonchev–Trinajstić information content (AvgIpc) is 3.13. The van der Waals surface area contributed by atoms with Crippen molar-refractivity contribution in [2.75, 3.05) is 20.8 Å². The number of hydrogen-bond donors (Lipinski definition) is 0. The normalized spacial score (nSPS) is 15.6. The van der Waals surface area contributed by atoms with Gasteiger partial charge in [0.2, 0.25) is 0 Å². The number of rotatable bonds is 6. The Morgan fingerprint density at radius 1 is 1.12 bits per heavy atom. The molecular weight excluding hydrogens is 452 g/mol. The fourth-order valence-corrected chi connectivity index (χ4v) is 4.99. The Morgan fingerprint density at radius 2 is 1.85 bits per heavy atom. The van der Waals surface area contributed by atoms with Crippen LogP contribution in [-0.4, -0.2) is 31.4 Å². The predicted molar refractivity (Wildman–Crippen MR) is 131 cm³/mol. The smallest absolute Gasteiger partial charge is 0.338 e. The summed E-state index contributed by atoms with van der Waals surface area (Å²) in [6, 6.07) is 12.5. The Hall–Kier alpha value is -3.65. The van der Waals surface area contributed by atoms with E-state index >= 15 is 0 Å². The number of allylic oxidation sites excluding steroid dienone is 1. The summed E-state index contributed by atoms with van der Waals surface area (Å²) in [5.41, 5.74) is 3.27. The molecule has 2 aromatic carbocycles. The number of thiazole rings is 1. The quantitative estimate of drug-likeness (QED) is 0.509. The molecule has 0 aliphatic carbocycles. The van der Waals surface area contributed by atoms with E-state index in [1.807, 2.05) is 37.3 Å². The first-order valence-corrected chi connectivity index (χ1v) is 11.7. The van der Waals surface area contributed by atoms with E-state index < -0.39 is 12.0 Å². The van der Waals surface area contributed by atoms with Crippen LogP contribution >= 0.6 is 11.3 Å². The maximum Gasteiger partial charge on any atom is 0.338 e. The van der Waals surface area contributed by atoms with Crippen molar-refractivity contribution >= 4 is 23.4 Å². The van der Waals surface area contributed by atoms with Crippen LogP contribution in [0.15, 0.2) is 63.5 Å². The Labute approximate surface area is 201 Å². The first-order chi connectivity index (χ1) is 16.4. The number of aromatic nitrogens is 1. The van der Waals surface area contributed by atoms with Gasteiger partial charge in [-0.05, 0) is 50.6 Å². The largest absolute Gasteiger partial charge is 0.497 e. The SMILES string of the molecule is CCOC(=O)C1=C(C)N=c2sc(=Cc3cc(OC)ccc3OC)c(=O)n2[C@@H]1c1ccc(C)cc1. The van der Waals surface area contributed by atoms with Gasteiger partial charge in [0.15, 0.2) is 4.80 Å². The number of nitrogens with zero attached hydrogens (tertiary/aromatic N) is 2. The number of aryl methyl sites for hydroxylation is 1. The maximum atomic E-state index is 13.7. The summed E-state index contributed by atoms with van der Waals surface area (Å²) in [7, 11) is 3.16. The molecule has 0 spiro atoms. The summed E-state index contributed by atoms with van der Waals surface area (Å²) in [5, 5.41) is 0. The zero-order chi connectivity index (χ0) is 24.4. The van der Waals surface area contributed by atoms with Crippen molar-refractivity contribution in [3.63, 3.8) is 0 Å². The maximum absolute atomic E-state index is 13.7. The third-order valence-electron chi connectivity index (χ3n) is 5.63. The number of hydrogen-bond acceptors (Lipinski definition) is 7. The van der Waals surface area contributed by atoms with Gasteiger partial charge in [-0.3, -0.25) is 9.36 Å². The van der Waals surface area contributed by atoms with Gasteiger partial charge in [-0.25, -0.2) is 9.79 Å². The lowest BCUT2D eigenvalue weighted by Gasteiger charge is -2.24. The molecule has 0 saturated carbocycles. The van der Waals surface area contributed by atoms with Crippen molar-refractivity contribution in [2.45, 2.75) is 26.8 Å². The molecule has 0 saturated heterocycles. The van der Waals surface area contributed by atoms with Crippen LogP contribution in [0.25, 0.3) is 6.08 Å². The Bertz CT molecular complexity index is 1450. The molecule has 1 atom stereocenters. The van der Waals surface area contributed by atoms with Crippen molar-refractivity contribution in [2.24, 2.45) is 4.99 Å². The first kappa shape index (κ1) is 23.5. The van der Waals surface area contributed by atoms with Crippen LogP contribution in [0.1, 0.15) is 36.6 Å². The fourth-order valence-electron chi connectivity index (χ4n) is 3.95. The standard InChI is InChI=1S/C26H26N2O5S/c1-6-33-25(30)22-16(3)27-26-28(23(22)17-9-7-15(2)8-10-17)24(29)21(34-26)14-18-13-19(31-4)11-12-20(18)32-5/h7-14,23H,6H2,1-5H3/t23-/m1/s1. The highest BCUT2D eigenvalue weighted by molar-refractivity contribution is 7.07. The molecule has 0 radical (unpaired) electrons. The van der Waals surface area contributed by atoms with E-state index in [1.54, 1.807) is 50.8 Å². The van der Waals surface area contributed by atoms with Gasteiger partial charge < -0.3 is 14.2 Å². The van der Waals surface area contributed by atoms with Gasteiger partial charge in [0.05, 0.1) is 42.7 Å². The third kappa shape index (κ3) is 4.28. The highest BCUT2D eigenvalue weighted by Crippen LogP contribution is 2.31. The second-order valence-corrected chi connectivity index (χ2v) is 8.83. The molecule has 0 N–H and O–H groups in total. The second-order valence-electron chi connectivity index (χ2n) is 7.82. The highest BCUT2D eigenvalue weighted by Gasteiger charge is 2.33. The van der Waals surface area contributed by atoms with E-state index in [0.29, 0.717) is 37.7 Å². The lowest BCUT2D eigenvalue weighted by atomic mass is 9.95. The minimum atomic E-state index is -0.634. The van der Waals surface area contributed by atoms with Crippen LogP contribution in [0.3, 0.4) is 0 Å². The van der Waals surface area contributed by atoms with Gasteiger partial charge in [-0.15, -0.1) is 0 Å². The molecule has 2 heterocycles. The topological polar surface area (TPSA) is 79.1 Å². The molecule has 8 heteroatoms. The van der Waals surface area contributed by atoms with Gasteiger partial charge in [-0.2, -0.15) is 0 Å². The molecular formula is C26H26N2O5S. The van der Waals surface area contributed by atoms with E-state index in [-0.39, 0.29) is 12.2 Å². The molecule has 1 aromatic heterocycles. The zero-order valence-electron chi connectivity index (χ0n) is 19.7. The van der Waals surface area contributed by atoms with Crippen LogP contribution in [0.2, 0.25) is 0 Å². The molecule has 0 bridgehead atoms. The molecule has 3 aromatic rings. The summed E-state index contributed by atoms with van der Waals surface area (Å²) in [6.07, 6.45) is 1.76. The zero-order valence-corrected chi connectivity index (χ0v) is 20.6. The van der Waals surface area contributed by atoms with Crippen molar-refractivity contribution in [1.29, 1.82) is 0 Å². The van der Waals surface area contributed by atoms with Gasteiger partial charge in [0.1, 0.15) is 11.5 Å². The van der Waals surface area contributed by atoms with Gasteiger partial charge in [0, 0.05) is 5.56 Å². The van der Waals surface area contributed by atoms with Crippen LogP contribution < -0.4 is 24.4 Å². The van der Waals surface area contributed by atoms with Gasteiger partial charge in [-0.1, -0.05) is 41.2 Å². The number of carbonyl (C=O) groups is 1. The number of esters is 1. The number of methoxy groups -OCH3 is 2. The predicted octanol–water partition coefficient (Wildman–Crippen LogP) is 3.12. The molecule has 7 nitrogen and oxygen atoms in total. The number of ether oxygens (including phenoxy) is 3. The van der Waals surface area contributed by atoms with Crippen molar-refractivity contribution in [3.05, 3.63) is 90.1 Å². The average molecular weight is 479 g/mol. The van der Waals surface area contributed by atoms with Crippen molar-refractivity contribution in [1.82, 2.24) is 4.57 Å². The van der Waals surface area contributed by atoms with Gasteiger partial charge in [0.25, 0.3) is 5.56 Å². The third-order valence-corrected chi connectivity index (χ3v) is 6.62. The van der Waals surface area contributed by atoms with E-state index in [1.165, 1.54) is 11.3 Å². The Balaban J connectivity index is 1.96. The van der Waals surface area contributed by atoms with E-state index in [2.05, 4.69) is 4.99 Å². The molecule has 176 valence electrons. The molecule has 0 amide bonds. The minimum Gasteiger partial charge on any atom is -0.497 e. The van der Waals surface area contributed by atoms with E-state index in [4.69, 9.17) is 14.2 Å².